The molecule has 0 atom stereocenters. The molecule has 3 heterocycles. The van der Waals surface area contributed by atoms with Crippen molar-refractivity contribution >= 4 is 17.6 Å². The van der Waals surface area contributed by atoms with Gasteiger partial charge in [0.2, 0.25) is 0 Å². The molecule has 1 aliphatic carbocycles. The largest absolute Gasteiger partial charge is 0.385 e. The monoisotopic (exact) mass is 300 g/mol. The Bertz CT molecular complexity index is 536. The Morgan fingerprint density at radius 2 is 1.95 bits per heavy atom. The minimum absolute atomic E-state index is 0.555. The van der Waals surface area contributed by atoms with E-state index in [-0.39, 0.29) is 0 Å². The van der Waals surface area contributed by atoms with Crippen LogP contribution in [-0.4, -0.2) is 49.2 Å². The molecule has 1 aromatic heterocycles. The second-order valence-corrected chi connectivity index (χ2v) is 6.55. The SMILES string of the molecule is C=Cc1ccnc(N2CC3(C2)CN(C2CC2)C3)c1NC.CC. The molecule has 1 spiro atoms. The molecular weight excluding hydrogens is 272 g/mol. The summed E-state index contributed by atoms with van der Waals surface area (Å²) in [5.74, 6) is 1.08. The molecule has 4 nitrogen and oxygen atoms in total. The standard InChI is InChI=1S/C16H22N4.C2H6/c1-3-12-6-7-18-15(14(12)17-2)20-10-16(11-20)8-19(9-16)13-4-5-13;1-2/h3,6-7,13,17H,1,4-5,8-11H2,2H3;1-2H3. The van der Waals surface area contributed by atoms with E-state index in [0.29, 0.717) is 5.41 Å². The van der Waals surface area contributed by atoms with Crippen LogP contribution in [0.4, 0.5) is 11.5 Å². The van der Waals surface area contributed by atoms with E-state index in [9.17, 15) is 0 Å². The van der Waals surface area contributed by atoms with Gasteiger partial charge in [-0.2, -0.15) is 0 Å². The van der Waals surface area contributed by atoms with E-state index in [4.69, 9.17) is 0 Å². The summed E-state index contributed by atoms with van der Waals surface area (Å²) in [7, 11) is 1.96. The second-order valence-electron chi connectivity index (χ2n) is 6.55. The fraction of sp³-hybridized carbons (Fsp3) is 0.611. The summed E-state index contributed by atoms with van der Waals surface area (Å²) in [6.45, 7) is 12.8. The van der Waals surface area contributed by atoms with E-state index in [1.807, 2.05) is 39.2 Å². The third-order valence-electron chi connectivity index (χ3n) is 4.93. The molecule has 0 unspecified atom stereocenters. The number of rotatable bonds is 4. The molecule has 1 aromatic rings. The van der Waals surface area contributed by atoms with Crippen molar-refractivity contribution in [3.63, 3.8) is 0 Å². The van der Waals surface area contributed by atoms with Gasteiger partial charge in [-0.3, -0.25) is 4.90 Å². The van der Waals surface area contributed by atoms with Gasteiger partial charge in [-0.1, -0.05) is 26.5 Å². The van der Waals surface area contributed by atoms with E-state index in [2.05, 4.69) is 26.7 Å². The molecule has 4 rings (SSSR count). The molecule has 120 valence electrons. The zero-order valence-electron chi connectivity index (χ0n) is 14.1. The maximum atomic E-state index is 4.57. The lowest BCUT2D eigenvalue weighted by atomic mass is 9.72. The summed E-state index contributed by atoms with van der Waals surface area (Å²) < 4.78 is 0. The van der Waals surface area contributed by atoms with Gasteiger partial charge in [0.1, 0.15) is 0 Å². The van der Waals surface area contributed by atoms with Gasteiger partial charge >= 0.3 is 0 Å². The van der Waals surface area contributed by atoms with Gasteiger partial charge < -0.3 is 10.2 Å². The lowest BCUT2D eigenvalue weighted by Crippen LogP contribution is -2.72. The van der Waals surface area contributed by atoms with Crippen molar-refractivity contribution in [3.05, 3.63) is 24.4 Å². The second kappa shape index (κ2) is 5.92. The molecule has 3 fully saturated rings. The van der Waals surface area contributed by atoms with Crippen LogP contribution in [0.1, 0.15) is 32.3 Å². The van der Waals surface area contributed by atoms with Crippen LogP contribution in [0.5, 0.6) is 0 Å². The van der Waals surface area contributed by atoms with E-state index in [0.717, 1.165) is 36.2 Å². The van der Waals surface area contributed by atoms with E-state index < -0.39 is 0 Å². The fourth-order valence-electron chi connectivity index (χ4n) is 3.76. The third-order valence-corrected chi connectivity index (χ3v) is 4.93. The van der Waals surface area contributed by atoms with Crippen molar-refractivity contribution in [2.45, 2.75) is 32.7 Å². The summed E-state index contributed by atoms with van der Waals surface area (Å²) in [4.78, 5) is 9.64. The highest BCUT2D eigenvalue weighted by Gasteiger charge is 2.55. The maximum absolute atomic E-state index is 4.57. The first-order chi connectivity index (χ1) is 10.7. The molecule has 0 bridgehead atoms. The Hall–Kier alpha value is -1.55. The summed E-state index contributed by atoms with van der Waals surface area (Å²) >= 11 is 0. The predicted molar refractivity (Wildman–Crippen MR) is 94.5 cm³/mol. The number of anilines is 2. The third kappa shape index (κ3) is 2.50. The highest BCUT2D eigenvalue weighted by atomic mass is 15.4. The molecule has 0 aromatic carbocycles. The fourth-order valence-corrected chi connectivity index (χ4v) is 3.76. The lowest BCUT2D eigenvalue weighted by Gasteiger charge is -2.61. The Labute approximate surface area is 134 Å². The normalized spacial score (nSPS) is 22.2. The Morgan fingerprint density at radius 3 is 2.50 bits per heavy atom. The highest BCUT2D eigenvalue weighted by Crippen LogP contribution is 2.47. The molecule has 1 saturated carbocycles. The summed E-state index contributed by atoms with van der Waals surface area (Å²) in [5.41, 5.74) is 2.79. The van der Waals surface area contributed by atoms with Crippen LogP contribution in [0.3, 0.4) is 0 Å². The van der Waals surface area contributed by atoms with Crippen LogP contribution in [-0.2, 0) is 0 Å². The predicted octanol–water partition coefficient (Wildman–Crippen LogP) is 3.08. The number of pyridine rings is 1. The minimum atomic E-state index is 0.555. The Balaban J connectivity index is 0.000000693. The van der Waals surface area contributed by atoms with Crippen molar-refractivity contribution in [2.75, 3.05) is 43.4 Å². The average Bonchev–Trinajstić information content (AvgIpc) is 3.30. The maximum Gasteiger partial charge on any atom is 0.152 e. The molecule has 3 aliphatic rings. The first kappa shape index (κ1) is 15.3. The first-order valence-electron chi connectivity index (χ1n) is 8.53. The number of hydrogen-bond donors (Lipinski definition) is 1. The van der Waals surface area contributed by atoms with Gasteiger partial charge in [-0.05, 0) is 18.9 Å². The molecule has 0 amide bonds. The van der Waals surface area contributed by atoms with Crippen LogP contribution in [0, 0.1) is 5.41 Å². The molecule has 0 radical (unpaired) electrons. The van der Waals surface area contributed by atoms with E-state index in [1.165, 1.54) is 25.9 Å². The highest BCUT2D eigenvalue weighted by molar-refractivity contribution is 5.77. The van der Waals surface area contributed by atoms with E-state index in [1.54, 1.807) is 0 Å². The summed E-state index contributed by atoms with van der Waals surface area (Å²) in [5, 5.41) is 3.28. The number of nitrogens with one attached hydrogen (secondary N) is 1. The van der Waals surface area contributed by atoms with Gasteiger partial charge in [0, 0.05) is 56.4 Å². The molecule has 2 saturated heterocycles. The zero-order valence-corrected chi connectivity index (χ0v) is 14.1. The minimum Gasteiger partial charge on any atom is -0.385 e. The number of hydrogen-bond acceptors (Lipinski definition) is 4. The van der Waals surface area contributed by atoms with Crippen molar-refractivity contribution < 1.29 is 0 Å². The number of aromatic nitrogens is 1. The van der Waals surface area contributed by atoms with Crippen molar-refractivity contribution in [1.82, 2.24) is 9.88 Å². The van der Waals surface area contributed by atoms with Crippen LogP contribution in [0.25, 0.3) is 6.08 Å². The zero-order chi connectivity index (χ0) is 15.7. The smallest absolute Gasteiger partial charge is 0.152 e. The van der Waals surface area contributed by atoms with Crippen molar-refractivity contribution in [1.29, 1.82) is 0 Å². The number of nitrogens with zero attached hydrogens (tertiary/aromatic N) is 3. The first-order valence-corrected chi connectivity index (χ1v) is 8.53. The quantitative estimate of drug-likeness (QED) is 0.926. The lowest BCUT2D eigenvalue weighted by molar-refractivity contribution is -0.0277. The molecule has 4 heteroatoms. The van der Waals surface area contributed by atoms with E-state index >= 15 is 0 Å². The summed E-state index contributed by atoms with van der Waals surface area (Å²) in [6.07, 6.45) is 6.62. The molecule has 22 heavy (non-hydrogen) atoms. The van der Waals surface area contributed by atoms with Crippen LogP contribution >= 0.6 is 0 Å². The van der Waals surface area contributed by atoms with Gasteiger partial charge in [0.15, 0.2) is 5.82 Å². The van der Waals surface area contributed by atoms with Crippen LogP contribution in [0.2, 0.25) is 0 Å². The number of likely N-dealkylation sites (tertiary alicyclic amines) is 1. The molecular formula is C18H28N4. The van der Waals surface area contributed by atoms with Gasteiger partial charge in [-0.15, -0.1) is 0 Å². The van der Waals surface area contributed by atoms with Crippen LogP contribution in [0.15, 0.2) is 18.8 Å². The average molecular weight is 300 g/mol. The van der Waals surface area contributed by atoms with Gasteiger partial charge in [-0.25, -0.2) is 4.98 Å². The van der Waals surface area contributed by atoms with Crippen molar-refractivity contribution in [2.24, 2.45) is 5.41 Å². The Kier molecular flexibility index (Phi) is 4.13. The van der Waals surface area contributed by atoms with Gasteiger partial charge in [0.05, 0.1) is 5.69 Å². The molecule has 2 aliphatic heterocycles. The van der Waals surface area contributed by atoms with Crippen molar-refractivity contribution in [3.8, 4) is 0 Å². The van der Waals surface area contributed by atoms with Crippen LogP contribution < -0.4 is 10.2 Å². The molecule has 1 N–H and O–H groups in total. The Morgan fingerprint density at radius 1 is 1.27 bits per heavy atom. The summed E-state index contributed by atoms with van der Waals surface area (Å²) in [6, 6.07) is 2.93. The van der Waals surface area contributed by atoms with Gasteiger partial charge in [0.25, 0.3) is 0 Å². The topological polar surface area (TPSA) is 31.4 Å².